The Morgan fingerprint density at radius 1 is 1.26 bits per heavy atom. The van der Waals surface area contributed by atoms with Crippen LogP contribution in [0, 0.1) is 0 Å². The van der Waals surface area contributed by atoms with E-state index in [-0.39, 0.29) is 22.2 Å². The van der Waals surface area contributed by atoms with Gasteiger partial charge in [0.15, 0.2) is 0 Å². The number of carbonyl (C=O) groups excluding carboxylic acids is 2. The molecule has 0 fully saturated rings. The van der Waals surface area contributed by atoms with Crippen LogP contribution in [0.1, 0.15) is 26.3 Å². The molecule has 8 heteroatoms. The van der Waals surface area contributed by atoms with Crippen molar-refractivity contribution in [2.24, 2.45) is 0 Å². The van der Waals surface area contributed by atoms with Gasteiger partial charge in [0.25, 0.3) is 0 Å². The summed E-state index contributed by atoms with van der Waals surface area (Å²) in [5, 5.41) is 12.2. The highest BCUT2D eigenvalue weighted by molar-refractivity contribution is 6.36. The number of rotatable bonds is 4. The number of benzene rings is 1. The van der Waals surface area contributed by atoms with Gasteiger partial charge >= 0.3 is 12.1 Å². The van der Waals surface area contributed by atoms with Gasteiger partial charge in [-0.05, 0) is 38.5 Å². The van der Waals surface area contributed by atoms with Gasteiger partial charge in [-0.15, -0.1) is 0 Å². The maximum atomic E-state index is 11.9. The third kappa shape index (κ3) is 6.15. The van der Waals surface area contributed by atoms with Crippen LogP contribution in [-0.2, 0) is 20.7 Å². The summed E-state index contributed by atoms with van der Waals surface area (Å²) >= 11 is 12.1. The summed E-state index contributed by atoms with van der Waals surface area (Å²) in [7, 11) is 1.20. The smallest absolute Gasteiger partial charge is 0.408 e. The number of ether oxygens (including phenoxy) is 2. The van der Waals surface area contributed by atoms with Crippen LogP contribution in [0.25, 0.3) is 0 Å². The third-order valence-electron chi connectivity index (χ3n) is 2.71. The largest absolute Gasteiger partial charge is 0.508 e. The zero-order valence-electron chi connectivity index (χ0n) is 13.3. The second-order valence-electron chi connectivity index (χ2n) is 5.81. The number of aromatic hydroxyl groups is 1. The quantitative estimate of drug-likeness (QED) is 0.801. The van der Waals surface area contributed by atoms with E-state index < -0.39 is 23.7 Å². The summed E-state index contributed by atoms with van der Waals surface area (Å²) in [6, 6.07) is 1.56. The summed E-state index contributed by atoms with van der Waals surface area (Å²) in [5.74, 6) is -0.769. The van der Waals surface area contributed by atoms with Crippen LogP contribution in [0.2, 0.25) is 10.0 Å². The lowest BCUT2D eigenvalue weighted by molar-refractivity contribution is -0.143. The van der Waals surface area contributed by atoms with Crippen LogP contribution in [0.4, 0.5) is 4.79 Å². The molecule has 0 spiro atoms. The lowest BCUT2D eigenvalue weighted by Crippen LogP contribution is -2.45. The first-order chi connectivity index (χ1) is 10.5. The molecule has 1 aromatic carbocycles. The zero-order chi connectivity index (χ0) is 17.8. The van der Waals surface area contributed by atoms with Crippen LogP contribution < -0.4 is 5.32 Å². The number of nitrogens with one attached hydrogen (secondary N) is 1. The predicted molar refractivity (Wildman–Crippen MR) is 87.0 cm³/mol. The Balaban J connectivity index is 2.97. The number of methoxy groups -OCH3 is 1. The molecule has 1 rings (SSSR count). The van der Waals surface area contributed by atoms with Crippen molar-refractivity contribution >= 4 is 35.3 Å². The van der Waals surface area contributed by atoms with Gasteiger partial charge in [-0.25, -0.2) is 9.59 Å². The maximum absolute atomic E-state index is 11.9. The van der Waals surface area contributed by atoms with E-state index in [0.29, 0.717) is 5.56 Å². The van der Waals surface area contributed by atoms with Crippen LogP contribution in [0.3, 0.4) is 0 Å². The van der Waals surface area contributed by atoms with Crippen LogP contribution in [0.5, 0.6) is 5.75 Å². The lowest BCUT2D eigenvalue weighted by Gasteiger charge is -2.23. The summed E-state index contributed by atoms with van der Waals surface area (Å²) in [6.45, 7) is 5.11. The van der Waals surface area contributed by atoms with E-state index >= 15 is 0 Å². The average molecular weight is 364 g/mol. The van der Waals surface area contributed by atoms with Crippen molar-refractivity contribution in [3.05, 3.63) is 27.7 Å². The van der Waals surface area contributed by atoms with Gasteiger partial charge in [0.05, 0.1) is 7.11 Å². The number of hydrogen-bond acceptors (Lipinski definition) is 5. The molecule has 0 radical (unpaired) electrons. The van der Waals surface area contributed by atoms with E-state index in [0.717, 1.165) is 0 Å². The number of phenols is 1. The molecule has 1 aromatic rings. The highest BCUT2D eigenvalue weighted by Crippen LogP contribution is 2.30. The summed E-state index contributed by atoms with van der Waals surface area (Å²) in [5.41, 5.74) is -0.309. The molecule has 0 aliphatic rings. The van der Waals surface area contributed by atoms with Gasteiger partial charge in [0.1, 0.15) is 17.4 Å². The molecule has 0 bridgehead atoms. The van der Waals surface area contributed by atoms with E-state index in [2.05, 4.69) is 10.1 Å². The van der Waals surface area contributed by atoms with Gasteiger partial charge in [-0.2, -0.15) is 0 Å². The van der Waals surface area contributed by atoms with Crippen LogP contribution in [0.15, 0.2) is 12.1 Å². The predicted octanol–water partition coefficient (Wildman–Crippen LogP) is 3.31. The van der Waals surface area contributed by atoms with Gasteiger partial charge in [-0.1, -0.05) is 23.2 Å². The molecular weight excluding hydrogens is 345 g/mol. The van der Waals surface area contributed by atoms with Crippen molar-refractivity contribution in [2.45, 2.75) is 38.8 Å². The molecule has 128 valence electrons. The number of amides is 1. The Labute approximate surface area is 144 Å². The Hall–Kier alpha value is -1.66. The van der Waals surface area contributed by atoms with Gasteiger partial charge < -0.3 is 19.9 Å². The fourth-order valence-corrected chi connectivity index (χ4v) is 2.40. The van der Waals surface area contributed by atoms with Gasteiger partial charge in [0, 0.05) is 16.5 Å². The molecule has 0 heterocycles. The minimum atomic E-state index is -1.03. The summed E-state index contributed by atoms with van der Waals surface area (Å²) in [6.07, 6.45) is -0.775. The highest BCUT2D eigenvalue weighted by atomic mass is 35.5. The molecule has 0 aliphatic carbocycles. The minimum Gasteiger partial charge on any atom is -0.508 e. The van der Waals surface area contributed by atoms with Crippen molar-refractivity contribution in [2.75, 3.05) is 7.11 Å². The molecule has 0 saturated carbocycles. The van der Waals surface area contributed by atoms with Crippen LogP contribution >= 0.6 is 23.2 Å². The standard InChI is InChI=1S/C15H19Cl2NO5/c1-15(2,3)23-14(21)18-12(13(20)22-4)7-9-10(16)5-8(19)6-11(9)17/h5-6,12,19H,7H2,1-4H3,(H,18,21)/t12-/m0/s1. The molecule has 0 aliphatic heterocycles. The molecular formula is C15H19Cl2NO5. The van der Waals surface area contributed by atoms with Gasteiger partial charge in [0.2, 0.25) is 0 Å². The van der Waals surface area contributed by atoms with Crippen molar-refractivity contribution in [1.29, 1.82) is 0 Å². The van der Waals surface area contributed by atoms with E-state index in [4.69, 9.17) is 27.9 Å². The summed E-state index contributed by atoms with van der Waals surface area (Å²) in [4.78, 5) is 23.7. The maximum Gasteiger partial charge on any atom is 0.408 e. The number of carbonyl (C=O) groups is 2. The molecule has 23 heavy (non-hydrogen) atoms. The van der Waals surface area contributed by atoms with Crippen molar-refractivity contribution in [3.63, 3.8) is 0 Å². The normalized spacial score (nSPS) is 12.4. The zero-order valence-corrected chi connectivity index (χ0v) is 14.8. The lowest BCUT2D eigenvalue weighted by atomic mass is 10.1. The first-order valence-electron chi connectivity index (χ1n) is 6.77. The van der Waals surface area contributed by atoms with Crippen molar-refractivity contribution < 1.29 is 24.2 Å². The van der Waals surface area contributed by atoms with E-state index in [1.54, 1.807) is 20.8 Å². The second-order valence-corrected chi connectivity index (χ2v) is 6.63. The van der Waals surface area contributed by atoms with E-state index in [1.165, 1.54) is 19.2 Å². The van der Waals surface area contributed by atoms with Crippen molar-refractivity contribution in [3.8, 4) is 5.75 Å². The Kier molecular flexibility index (Phi) is 6.53. The Morgan fingerprint density at radius 2 is 1.78 bits per heavy atom. The summed E-state index contributed by atoms with van der Waals surface area (Å²) < 4.78 is 9.79. The fourth-order valence-electron chi connectivity index (χ4n) is 1.77. The number of esters is 1. The Bertz CT molecular complexity index is 575. The SMILES string of the molecule is COC(=O)[C@H](Cc1c(Cl)cc(O)cc1Cl)NC(=O)OC(C)(C)C. The number of phenolic OH excluding ortho intramolecular Hbond substituents is 1. The fraction of sp³-hybridized carbons (Fsp3) is 0.467. The van der Waals surface area contributed by atoms with Crippen molar-refractivity contribution in [1.82, 2.24) is 5.32 Å². The van der Waals surface area contributed by atoms with Crippen LogP contribution in [-0.4, -0.2) is 35.9 Å². The topological polar surface area (TPSA) is 84.9 Å². The van der Waals surface area contributed by atoms with Gasteiger partial charge in [-0.3, -0.25) is 0 Å². The molecule has 1 amide bonds. The number of halogens is 2. The molecule has 1 atom stereocenters. The highest BCUT2D eigenvalue weighted by Gasteiger charge is 2.27. The monoisotopic (exact) mass is 363 g/mol. The number of hydrogen-bond donors (Lipinski definition) is 2. The van der Waals surface area contributed by atoms with E-state index in [1.807, 2.05) is 0 Å². The molecule has 0 saturated heterocycles. The first-order valence-corrected chi connectivity index (χ1v) is 7.53. The third-order valence-corrected chi connectivity index (χ3v) is 3.39. The van der Waals surface area contributed by atoms with E-state index in [9.17, 15) is 14.7 Å². The molecule has 6 nitrogen and oxygen atoms in total. The minimum absolute atomic E-state index is 0.0101. The Morgan fingerprint density at radius 3 is 2.22 bits per heavy atom. The average Bonchev–Trinajstić information content (AvgIpc) is 2.38. The second kappa shape index (κ2) is 7.75. The molecule has 0 aromatic heterocycles. The molecule has 2 N–H and O–H groups in total. The number of alkyl carbamates (subject to hydrolysis) is 1. The molecule has 0 unspecified atom stereocenters. The first kappa shape index (κ1) is 19.4.